The molecule has 0 atom stereocenters. The van der Waals surface area contributed by atoms with Gasteiger partial charge in [-0.2, -0.15) is 0 Å². The Bertz CT molecular complexity index is 860. The SMILES string of the molecule is CCCCOc1c(Cl)cc(C(=O)Nc2nc(C)c(C(=O)OCC(C)C)s2)cc1Cl. The number of carbonyl (C=O) groups is 2. The highest BCUT2D eigenvalue weighted by molar-refractivity contribution is 7.17. The first-order valence-electron chi connectivity index (χ1n) is 9.30. The highest BCUT2D eigenvalue weighted by Crippen LogP contribution is 2.35. The predicted molar refractivity (Wildman–Crippen MR) is 117 cm³/mol. The number of amides is 1. The summed E-state index contributed by atoms with van der Waals surface area (Å²) in [6.07, 6.45) is 1.86. The fraction of sp³-hybridized carbons (Fsp3) is 0.450. The van der Waals surface area contributed by atoms with Crippen LogP contribution in [0.4, 0.5) is 5.13 Å². The molecule has 0 aliphatic carbocycles. The number of aryl methyl sites for hydroxylation is 1. The van der Waals surface area contributed by atoms with Crippen LogP contribution in [0.5, 0.6) is 5.75 Å². The first-order valence-corrected chi connectivity index (χ1v) is 10.9. The third-order valence-electron chi connectivity index (χ3n) is 3.75. The van der Waals surface area contributed by atoms with Crippen molar-refractivity contribution < 1.29 is 19.1 Å². The Balaban J connectivity index is 2.10. The number of thiazole rings is 1. The van der Waals surface area contributed by atoms with Crippen LogP contribution in [0.3, 0.4) is 0 Å². The number of anilines is 1. The molecule has 1 heterocycles. The van der Waals surface area contributed by atoms with Gasteiger partial charge in [0.1, 0.15) is 4.88 Å². The number of halogens is 2. The van der Waals surface area contributed by atoms with Gasteiger partial charge in [0.05, 0.1) is 29.0 Å². The summed E-state index contributed by atoms with van der Waals surface area (Å²) in [6, 6.07) is 2.98. The molecule has 0 aliphatic heterocycles. The standard InChI is InChI=1S/C20H24Cl2N2O4S/c1-5-6-7-27-16-14(21)8-13(9-15(16)22)18(25)24-20-23-12(4)17(29-20)19(26)28-10-11(2)3/h8-9,11H,5-7,10H2,1-4H3,(H,23,24,25). The molecule has 0 aliphatic rings. The summed E-state index contributed by atoms with van der Waals surface area (Å²) in [7, 11) is 0. The number of esters is 1. The van der Waals surface area contributed by atoms with E-state index in [0.717, 1.165) is 24.2 Å². The van der Waals surface area contributed by atoms with Gasteiger partial charge in [0.15, 0.2) is 10.9 Å². The third kappa shape index (κ3) is 6.59. The van der Waals surface area contributed by atoms with Gasteiger partial charge in [-0.15, -0.1) is 0 Å². The lowest BCUT2D eigenvalue weighted by Crippen LogP contribution is -2.12. The lowest BCUT2D eigenvalue weighted by Gasteiger charge is -2.11. The van der Waals surface area contributed by atoms with Crippen LogP contribution >= 0.6 is 34.5 Å². The number of unbranched alkanes of at least 4 members (excludes halogenated alkanes) is 1. The topological polar surface area (TPSA) is 77.5 Å². The molecular formula is C20H24Cl2N2O4S. The van der Waals surface area contributed by atoms with Crippen LogP contribution in [0, 0.1) is 12.8 Å². The van der Waals surface area contributed by atoms with Crippen LogP contribution in [-0.2, 0) is 4.74 Å². The van der Waals surface area contributed by atoms with Gasteiger partial charge >= 0.3 is 5.97 Å². The van der Waals surface area contributed by atoms with Crippen molar-refractivity contribution in [3.05, 3.63) is 38.3 Å². The number of nitrogens with one attached hydrogen (secondary N) is 1. The van der Waals surface area contributed by atoms with Gasteiger partial charge in [0.2, 0.25) is 0 Å². The lowest BCUT2D eigenvalue weighted by molar-refractivity contribution is 0.0463. The first-order chi connectivity index (χ1) is 13.7. The monoisotopic (exact) mass is 458 g/mol. The van der Waals surface area contributed by atoms with E-state index < -0.39 is 11.9 Å². The van der Waals surface area contributed by atoms with Crippen LogP contribution in [0.2, 0.25) is 10.0 Å². The van der Waals surface area contributed by atoms with Crippen molar-refractivity contribution in [3.63, 3.8) is 0 Å². The van der Waals surface area contributed by atoms with Crippen LogP contribution in [-0.4, -0.2) is 30.1 Å². The molecular weight excluding hydrogens is 435 g/mol. The number of nitrogens with zero attached hydrogens (tertiary/aromatic N) is 1. The van der Waals surface area contributed by atoms with E-state index in [1.54, 1.807) is 6.92 Å². The van der Waals surface area contributed by atoms with Gasteiger partial charge in [0.25, 0.3) is 5.91 Å². The van der Waals surface area contributed by atoms with E-state index in [0.29, 0.717) is 34.7 Å². The molecule has 6 nitrogen and oxygen atoms in total. The van der Waals surface area contributed by atoms with Crippen LogP contribution in [0.15, 0.2) is 12.1 Å². The number of hydrogen-bond donors (Lipinski definition) is 1. The molecule has 0 spiro atoms. The Kier molecular flexibility index (Phi) is 8.74. The second kappa shape index (κ2) is 10.8. The van der Waals surface area contributed by atoms with Crippen molar-refractivity contribution in [2.24, 2.45) is 5.92 Å². The van der Waals surface area contributed by atoms with E-state index in [4.69, 9.17) is 32.7 Å². The molecule has 0 bridgehead atoms. The predicted octanol–water partition coefficient (Wildman–Crippen LogP) is 6.00. The van der Waals surface area contributed by atoms with Gasteiger partial charge < -0.3 is 9.47 Å². The molecule has 1 N–H and O–H groups in total. The van der Waals surface area contributed by atoms with Gasteiger partial charge in [-0.1, -0.05) is 61.7 Å². The Labute approximate surface area is 184 Å². The smallest absolute Gasteiger partial charge is 0.350 e. The molecule has 0 radical (unpaired) electrons. The van der Waals surface area contributed by atoms with Crippen LogP contribution in [0.25, 0.3) is 0 Å². The third-order valence-corrected chi connectivity index (χ3v) is 5.37. The Morgan fingerprint density at radius 2 is 1.90 bits per heavy atom. The fourth-order valence-electron chi connectivity index (χ4n) is 2.26. The molecule has 0 saturated heterocycles. The molecule has 0 fully saturated rings. The summed E-state index contributed by atoms with van der Waals surface area (Å²) >= 11 is 13.5. The molecule has 1 aromatic heterocycles. The average molecular weight is 459 g/mol. The van der Waals surface area contributed by atoms with E-state index in [1.165, 1.54) is 12.1 Å². The molecule has 9 heteroatoms. The first kappa shape index (κ1) is 23.4. The zero-order valence-electron chi connectivity index (χ0n) is 16.8. The maximum atomic E-state index is 12.6. The molecule has 0 saturated carbocycles. The van der Waals surface area contributed by atoms with Crippen molar-refractivity contribution in [1.82, 2.24) is 4.98 Å². The number of carbonyl (C=O) groups excluding carboxylic acids is 2. The van der Waals surface area contributed by atoms with Crippen molar-refractivity contribution in [3.8, 4) is 5.75 Å². The van der Waals surface area contributed by atoms with Crippen molar-refractivity contribution in [1.29, 1.82) is 0 Å². The second-order valence-corrected chi connectivity index (χ2v) is 8.66. The minimum Gasteiger partial charge on any atom is -0.490 e. The second-order valence-electron chi connectivity index (χ2n) is 6.85. The number of rotatable bonds is 9. The van der Waals surface area contributed by atoms with Crippen molar-refractivity contribution in [2.75, 3.05) is 18.5 Å². The normalized spacial score (nSPS) is 10.9. The molecule has 2 rings (SSSR count). The Morgan fingerprint density at radius 1 is 1.24 bits per heavy atom. The summed E-state index contributed by atoms with van der Waals surface area (Å²) in [5.41, 5.74) is 0.759. The summed E-state index contributed by atoms with van der Waals surface area (Å²) in [4.78, 5) is 29.3. The van der Waals surface area contributed by atoms with Gasteiger partial charge in [-0.25, -0.2) is 9.78 Å². The fourth-order valence-corrected chi connectivity index (χ4v) is 3.72. The highest BCUT2D eigenvalue weighted by Gasteiger charge is 2.20. The van der Waals surface area contributed by atoms with Gasteiger partial charge in [-0.3, -0.25) is 10.1 Å². The van der Waals surface area contributed by atoms with E-state index in [2.05, 4.69) is 17.2 Å². The summed E-state index contributed by atoms with van der Waals surface area (Å²) in [5.74, 6) is -0.299. The number of aromatic nitrogens is 1. The van der Waals surface area contributed by atoms with E-state index in [1.807, 2.05) is 13.8 Å². The largest absolute Gasteiger partial charge is 0.490 e. The number of benzene rings is 1. The minimum atomic E-state index is -0.450. The maximum absolute atomic E-state index is 12.6. The number of hydrogen-bond acceptors (Lipinski definition) is 6. The molecule has 0 unspecified atom stereocenters. The molecule has 1 amide bonds. The zero-order chi connectivity index (χ0) is 21.6. The van der Waals surface area contributed by atoms with E-state index >= 15 is 0 Å². The summed E-state index contributed by atoms with van der Waals surface area (Å²) in [5, 5.41) is 3.47. The van der Waals surface area contributed by atoms with Gasteiger partial charge in [-0.05, 0) is 31.4 Å². The maximum Gasteiger partial charge on any atom is 0.350 e. The Hall–Kier alpha value is -1.83. The minimum absolute atomic E-state index is 0.231. The van der Waals surface area contributed by atoms with Crippen molar-refractivity contribution >= 4 is 51.5 Å². The quantitative estimate of drug-likeness (QED) is 0.368. The lowest BCUT2D eigenvalue weighted by atomic mass is 10.2. The van der Waals surface area contributed by atoms with Crippen LogP contribution in [0.1, 0.15) is 59.3 Å². The van der Waals surface area contributed by atoms with Gasteiger partial charge in [0, 0.05) is 5.56 Å². The number of ether oxygens (including phenoxy) is 2. The van der Waals surface area contributed by atoms with E-state index in [-0.39, 0.29) is 21.5 Å². The average Bonchev–Trinajstić information content (AvgIpc) is 3.02. The van der Waals surface area contributed by atoms with Crippen LogP contribution < -0.4 is 10.1 Å². The molecule has 1 aromatic carbocycles. The Morgan fingerprint density at radius 3 is 2.48 bits per heavy atom. The molecule has 158 valence electrons. The van der Waals surface area contributed by atoms with Crippen molar-refractivity contribution in [2.45, 2.75) is 40.5 Å². The van der Waals surface area contributed by atoms with E-state index in [9.17, 15) is 9.59 Å². The molecule has 2 aromatic rings. The summed E-state index contributed by atoms with van der Waals surface area (Å²) < 4.78 is 10.8. The zero-order valence-corrected chi connectivity index (χ0v) is 19.1. The summed E-state index contributed by atoms with van der Waals surface area (Å²) in [6.45, 7) is 8.46. The molecule has 29 heavy (non-hydrogen) atoms. The highest BCUT2D eigenvalue weighted by atomic mass is 35.5.